The van der Waals surface area contributed by atoms with E-state index in [1.165, 1.54) is 10.4 Å². The summed E-state index contributed by atoms with van der Waals surface area (Å²) in [5.41, 5.74) is 2.27. The number of carbonyl (C=O) groups excluding carboxylic acids is 4. The summed E-state index contributed by atoms with van der Waals surface area (Å²) in [6.07, 6.45) is 0.889. The van der Waals surface area contributed by atoms with E-state index in [0.29, 0.717) is 25.8 Å². The van der Waals surface area contributed by atoms with Crippen molar-refractivity contribution in [2.24, 2.45) is 5.92 Å². The van der Waals surface area contributed by atoms with Gasteiger partial charge in [-0.25, -0.2) is 10.3 Å². The average molecular weight is 434 g/mol. The minimum absolute atomic E-state index is 0.0956. The molecule has 31 heavy (non-hydrogen) atoms. The molecule has 1 aromatic carbocycles. The fourth-order valence-corrected chi connectivity index (χ4v) is 3.36. The lowest BCUT2D eigenvalue weighted by Gasteiger charge is -2.26. The van der Waals surface area contributed by atoms with Crippen molar-refractivity contribution in [1.82, 2.24) is 21.0 Å². The first-order chi connectivity index (χ1) is 14.8. The van der Waals surface area contributed by atoms with Gasteiger partial charge in [-0.05, 0) is 30.7 Å². The van der Waals surface area contributed by atoms with Crippen molar-refractivity contribution in [3.05, 3.63) is 35.9 Å². The Balaban J connectivity index is 1.96. The van der Waals surface area contributed by atoms with Crippen LogP contribution in [0, 0.1) is 5.92 Å². The number of nitrogens with zero attached hydrogens (tertiary/aromatic N) is 1. The number of likely N-dealkylation sites (tertiary alicyclic amines) is 1. The maximum absolute atomic E-state index is 12.9. The van der Waals surface area contributed by atoms with E-state index in [9.17, 15) is 19.2 Å². The van der Waals surface area contributed by atoms with Crippen LogP contribution in [-0.4, -0.2) is 59.1 Å². The fourth-order valence-electron chi connectivity index (χ4n) is 3.36. The van der Waals surface area contributed by atoms with Gasteiger partial charge in [-0.3, -0.25) is 24.5 Å². The lowest BCUT2D eigenvalue weighted by atomic mass is 10.0. The summed E-state index contributed by atoms with van der Waals surface area (Å²) in [7, 11) is 0. The van der Waals surface area contributed by atoms with Crippen molar-refractivity contribution < 1.29 is 29.1 Å². The van der Waals surface area contributed by atoms with Gasteiger partial charge in [-0.1, -0.05) is 44.2 Å². The van der Waals surface area contributed by atoms with Crippen LogP contribution in [0.1, 0.15) is 38.7 Å². The summed E-state index contributed by atoms with van der Waals surface area (Å²) >= 11 is 0. The topological polar surface area (TPSA) is 137 Å². The maximum Gasteiger partial charge on any atom is 0.410 e. The van der Waals surface area contributed by atoms with Crippen LogP contribution in [0.5, 0.6) is 0 Å². The predicted molar refractivity (Wildman–Crippen MR) is 111 cm³/mol. The zero-order valence-electron chi connectivity index (χ0n) is 17.8. The van der Waals surface area contributed by atoms with Crippen LogP contribution in [0.2, 0.25) is 0 Å². The number of benzene rings is 1. The van der Waals surface area contributed by atoms with Gasteiger partial charge in [0, 0.05) is 6.54 Å². The van der Waals surface area contributed by atoms with Crippen LogP contribution in [-0.2, 0) is 25.7 Å². The van der Waals surface area contributed by atoms with E-state index in [1.807, 2.05) is 44.2 Å². The van der Waals surface area contributed by atoms with E-state index in [1.54, 1.807) is 0 Å². The number of nitrogens with one attached hydrogen (secondary N) is 3. The minimum Gasteiger partial charge on any atom is -0.445 e. The molecule has 1 saturated heterocycles. The highest BCUT2D eigenvalue weighted by atomic mass is 16.6. The third-order valence-electron chi connectivity index (χ3n) is 4.88. The van der Waals surface area contributed by atoms with Crippen molar-refractivity contribution in [3.63, 3.8) is 0 Å². The highest BCUT2D eigenvalue weighted by Gasteiger charge is 2.36. The lowest BCUT2D eigenvalue weighted by molar-refractivity contribution is -0.133. The van der Waals surface area contributed by atoms with Gasteiger partial charge < -0.3 is 15.4 Å². The molecule has 0 saturated carbocycles. The van der Waals surface area contributed by atoms with Gasteiger partial charge in [0.05, 0.1) is 6.54 Å². The first-order valence-corrected chi connectivity index (χ1v) is 10.3. The number of rotatable bonds is 9. The zero-order valence-corrected chi connectivity index (χ0v) is 17.8. The Morgan fingerprint density at radius 2 is 1.90 bits per heavy atom. The van der Waals surface area contributed by atoms with Crippen molar-refractivity contribution in [3.8, 4) is 0 Å². The van der Waals surface area contributed by atoms with E-state index >= 15 is 0 Å². The van der Waals surface area contributed by atoms with Crippen LogP contribution in [0.15, 0.2) is 30.3 Å². The summed E-state index contributed by atoms with van der Waals surface area (Å²) in [6.45, 7) is 3.88. The summed E-state index contributed by atoms with van der Waals surface area (Å²) < 4.78 is 5.35. The quantitative estimate of drug-likeness (QED) is 0.337. The Hall–Kier alpha value is -3.14. The third-order valence-corrected chi connectivity index (χ3v) is 4.88. The number of carbonyl (C=O) groups is 4. The highest BCUT2D eigenvalue weighted by Crippen LogP contribution is 2.20. The molecule has 1 aromatic rings. The standard InChI is InChI=1S/C21H30N4O6/c1-14(2)11-16(19(27)22-12-18(26)24-30)23-20(28)17-9-6-10-25(17)21(29)31-13-15-7-4-3-5-8-15/h3-5,7-8,14,16-17,30H,6,9-13H2,1-2H3,(H,22,27)(H,23,28)(H,24,26)/t16-,17+/m1/s1. The van der Waals surface area contributed by atoms with Crippen molar-refractivity contribution in [1.29, 1.82) is 0 Å². The number of ether oxygens (including phenoxy) is 1. The molecule has 1 fully saturated rings. The van der Waals surface area contributed by atoms with Gasteiger partial charge >= 0.3 is 6.09 Å². The largest absolute Gasteiger partial charge is 0.445 e. The summed E-state index contributed by atoms with van der Waals surface area (Å²) in [4.78, 5) is 50.3. The molecule has 0 unspecified atom stereocenters. The molecule has 4 N–H and O–H groups in total. The molecule has 2 atom stereocenters. The molecule has 2 rings (SSSR count). The third kappa shape index (κ3) is 7.56. The highest BCUT2D eigenvalue weighted by molar-refractivity contribution is 5.93. The van der Waals surface area contributed by atoms with Crippen LogP contribution < -0.4 is 16.1 Å². The average Bonchev–Trinajstić information content (AvgIpc) is 3.25. The summed E-state index contributed by atoms with van der Waals surface area (Å²) in [5.74, 6) is -1.66. The Morgan fingerprint density at radius 3 is 2.55 bits per heavy atom. The van der Waals surface area contributed by atoms with E-state index < -0.39 is 42.4 Å². The fraction of sp³-hybridized carbons (Fsp3) is 0.524. The molecule has 1 aliphatic rings. The number of amides is 4. The number of hydroxylamine groups is 1. The first-order valence-electron chi connectivity index (χ1n) is 10.3. The first kappa shape index (κ1) is 24.1. The van der Waals surface area contributed by atoms with Gasteiger partial charge in [0.25, 0.3) is 5.91 Å². The van der Waals surface area contributed by atoms with Gasteiger partial charge in [0.2, 0.25) is 11.8 Å². The molecule has 0 bridgehead atoms. The molecule has 0 radical (unpaired) electrons. The molecule has 1 heterocycles. The molecule has 10 heteroatoms. The van der Waals surface area contributed by atoms with Crippen molar-refractivity contribution in [2.45, 2.75) is 51.8 Å². The smallest absolute Gasteiger partial charge is 0.410 e. The Kier molecular flexibility index (Phi) is 9.26. The van der Waals surface area contributed by atoms with Crippen LogP contribution in [0.25, 0.3) is 0 Å². The molecule has 0 spiro atoms. The monoisotopic (exact) mass is 434 g/mol. The predicted octanol–water partition coefficient (Wildman–Crippen LogP) is 0.940. The Labute approximate surface area is 181 Å². The van der Waals surface area contributed by atoms with E-state index in [4.69, 9.17) is 9.94 Å². The molecule has 10 nitrogen and oxygen atoms in total. The number of hydrogen-bond donors (Lipinski definition) is 4. The normalized spacial score (nSPS) is 16.5. The second-order valence-corrected chi connectivity index (χ2v) is 7.84. The van der Waals surface area contributed by atoms with E-state index in [-0.39, 0.29) is 12.5 Å². The van der Waals surface area contributed by atoms with E-state index in [0.717, 1.165) is 5.56 Å². The second-order valence-electron chi connectivity index (χ2n) is 7.84. The lowest BCUT2D eigenvalue weighted by Crippen LogP contribution is -2.54. The van der Waals surface area contributed by atoms with E-state index in [2.05, 4.69) is 10.6 Å². The van der Waals surface area contributed by atoms with Gasteiger partial charge in [-0.15, -0.1) is 0 Å². The SMILES string of the molecule is CC(C)C[C@@H](NC(=O)[C@@H]1CCCN1C(=O)OCc1ccccc1)C(=O)NCC(=O)NO. The van der Waals surface area contributed by atoms with Gasteiger partial charge in [0.15, 0.2) is 0 Å². The van der Waals surface area contributed by atoms with Gasteiger partial charge in [0.1, 0.15) is 18.7 Å². The molecule has 0 aromatic heterocycles. The second kappa shape index (κ2) is 11.9. The Bertz CT molecular complexity index is 770. The van der Waals surface area contributed by atoms with Crippen LogP contribution in [0.4, 0.5) is 4.79 Å². The minimum atomic E-state index is -0.873. The molecule has 4 amide bonds. The number of hydrogen-bond acceptors (Lipinski definition) is 6. The molecule has 1 aliphatic heterocycles. The maximum atomic E-state index is 12.9. The molecule has 170 valence electrons. The Morgan fingerprint density at radius 1 is 1.19 bits per heavy atom. The van der Waals surface area contributed by atoms with Gasteiger partial charge in [-0.2, -0.15) is 0 Å². The molecular weight excluding hydrogens is 404 g/mol. The molecular formula is C21H30N4O6. The van der Waals surface area contributed by atoms with Crippen molar-refractivity contribution >= 4 is 23.8 Å². The molecule has 0 aliphatic carbocycles. The summed E-state index contributed by atoms with van der Waals surface area (Å²) in [5, 5.41) is 13.6. The zero-order chi connectivity index (χ0) is 22.8. The summed E-state index contributed by atoms with van der Waals surface area (Å²) in [6, 6.07) is 7.64. The van der Waals surface area contributed by atoms with Crippen LogP contribution in [0.3, 0.4) is 0 Å². The van der Waals surface area contributed by atoms with Crippen molar-refractivity contribution in [2.75, 3.05) is 13.1 Å². The van der Waals surface area contributed by atoms with Crippen LogP contribution >= 0.6 is 0 Å².